The fraction of sp³-hybridized carbons (Fsp3) is 0.312. The first-order valence-corrected chi connectivity index (χ1v) is 10.9. The number of aromatic nitrogens is 1. The molecule has 0 aliphatic carbocycles. The SMILES string of the molecule is CNS(=O)(=O)c1ccc(S(=O)(=O)N2CCC(Oc3cccnc3)C2)cc1. The molecule has 2 heterocycles. The van der Waals surface area contributed by atoms with Gasteiger partial charge in [-0.1, -0.05) is 0 Å². The monoisotopic (exact) mass is 397 g/mol. The summed E-state index contributed by atoms with van der Waals surface area (Å²) in [6.07, 6.45) is 3.53. The summed E-state index contributed by atoms with van der Waals surface area (Å²) in [7, 11) is -6.02. The lowest BCUT2D eigenvalue weighted by Crippen LogP contribution is -2.31. The summed E-state index contributed by atoms with van der Waals surface area (Å²) < 4.78 is 58.3. The van der Waals surface area contributed by atoms with Crippen LogP contribution in [0.3, 0.4) is 0 Å². The van der Waals surface area contributed by atoms with Crippen LogP contribution in [0.2, 0.25) is 0 Å². The number of hydrogen-bond acceptors (Lipinski definition) is 6. The van der Waals surface area contributed by atoms with Gasteiger partial charge in [0.25, 0.3) is 0 Å². The third-order valence-corrected chi connectivity index (χ3v) is 7.40. The largest absolute Gasteiger partial charge is 0.487 e. The van der Waals surface area contributed by atoms with Gasteiger partial charge in [-0.15, -0.1) is 0 Å². The van der Waals surface area contributed by atoms with Crippen LogP contribution >= 0.6 is 0 Å². The number of pyridine rings is 1. The molecule has 1 unspecified atom stereocenters. The molecule has 2 aromatic rings. The minimum absolute atomic E-state index is 0.0122. The molecule has 10 heteroatoms. The summed E-state index contributed by atoms with van der Waals surface area (Å²) in [5.41, 5.74) is 0. The summed E-state index contributed by atoms with van der Waals surface area (Å²) in [5, 5.41) is 0. The van der Waals surface area contributed by atoms with Crippen molar-refractivity contribution >= 4 is 20.0 Å². The predicted octanol–water partition coefficient (Wildman–Crippen LogP) is 0.832. The Kier molecular flexibility index (Phi) is 5.28. The Morgan fingerprint density at radius 1 is 1.12 bits per heavy atom. The van der Waals surface area contributed by atoms with Crippen molar-refractivity contribution < 1.29 is 21.6 Å². The highest BCUT2D eigenvalue weighted by atomic mass is 32.2. The topological polar surface area (TPSA) is 106 Å². The Labute approximate surface area is 152 Å². The first-order chi connectivity index (χ1) is 12.3. The van der Waals surface area contributed by atoms with Crippen molar-refractivity contribution in [2.75, 3.05) is 20.1 Å². The Hall–Kier alpha value is -2.01. The van der Waals surface area contributed by atoms with Gasteiger partial charge in [0.1, 0.15) is 11.9 Å². The van der Waals surface area contributed by atoms with Crippen molar-refractivity contribution in [2.45, 2.75) is 22.3 Å². The molecular weight excluding hydrogens is 378 g/mol. The van der Waals surface area contributed by atoms with Crippen molar-refractivity contribution in [3.8, 4) is 5.75 Å². The highest BCUT2D eigenvalue weighted by Crippen LogP contribution is 2.24. The van der Waals surface area contributed by atoms with Crippen molar-refractivity contribution in [3.05, 3.63) is 48.8 Å². The van der Waals surface area contributed by atoms with E-state index in [4.69, 9.17) is 4.74 Å². The van der Waals surface area contributed by atoms with Crippen LogP contribution in [0.5, 0.6) is 5.75 Å². The Morgan fingerprint density at radius 3 is 2.42 bits per heavy atom. The molecule has 140 valence electrons. The Bertz CT molecular complexity index is 961. The number of nitrogens with zero attached hydrogens (tertiary/aromatic N) is 2. The molecule has 0 amide bonds. The fourth-order valence-electron chi connectivity index (χ4n) is 2.68. The second kappa shape index (κ2) is 7.31. The molecule has 1 saturated heterocycles. The number of nitrogens with one attached hydrogen (secondary N) is 1. The third kappa shape index (κ3) is 3.88. The van der Waals surface area contributed by atoms with E-state index >= 15 is 0 Å². The summed E-state index contributed by atoms with van der Waals surface area (Å²) >= 11 is 0. The Balaban J connectivity index is 1.73. The van der Waals surface area contributed by atoms with E-state index in [1.807, 2.05) is 0 Å². The summed E-state index contributed by atoms with van der Waals surface area (Å²) in [6, 6.07) is 8.67. The predicted molar refractivity (Wildman–Crippen MR) is 94.7 cm³/mol. The maximum absolute atomic E-state index is 12.8. The molecule has 1 aromatic heterocycles. The van der Waals surface area contributed by atoms with Gasteiger partial charge in [0.15, 0.2) is 0 Å². The molecule has 8 nitrogen and oxygen atoms in total. The smallest absolute Gasteiger partial charge is 0.243 e. The van der Waals surface area contributed by atoms with E-state index in [1.165, 1.54) is 35.6 Å². The molecule has 3 rings (SSSR count). The second-order valence-corrected chi connectivity index (χ2v) is 9.58. The number of ether oxygens (including phenoxy) is 1. The van der Waals surface area contributed by atoms with Crippen LogP contribution < -0.4 is 9.46 Å². The number of hydrogen-bond donors (Lipinski definition) is 1. The van der Waals surface area contributed by atoms with E-state index in [0.29, 0.717) is 18.7 Å². The minimum Gasteiger partial charge on any atom is -0.487 e. The second-order valence-electron chi connectivity index (χ2n) is 5.76. The van der Waals surface area contributed by atoms with Gasteiger partial charge >= 0.3 is 0 Å². The van der Waals surface area contributed by atoms with Crippen molar-refractivity contribution in [3.63, 3.8) is 0 Å². The quantitative estimate of drug-likeness (QED) is 0.774. The first kappa shape index (κ1) is 18.8. The highest BCUT2D eigenvalue weighted by Gasteiger charge is 2.33. The summed E-state index contributed by atoms with van der Waals surface area (Å²) in [5.74, 6) is 0.596. The lowest BCUT2D eigenvalue weighted by molar-refractivity contribution is 0.214. The van der Waals surface area contributed by atoms with Crippen LogP contribution in [0, 0.1) is 0 Å². The van der Waals surface area contributed by atoms with Crippen LogP contribution in [0.15, 0.2) is 58.6 Å². The van der Waals surface area contributed by atoms with Gasteiger partial charge in [0.05, 0.1) is 22.5 Å². The molecule has 0 spiro atoms. The minimum atomic E-state index is -3.71. The van der Waals surface area contributed by atoms with Crippen LogP contribution in [-0.4, -0.2) is 52.4 Å². The molecule has 1 aliphatic heterocycles. The molecule has 0 bridgehead atoms. The molecule has 0 saturated carbocycles. The number of rotatable bonds is 6. The lowest BCUT2D eigenvalue weighted by Gasteiger charge is -2.17. The van der Waals surface area contributed by atoms with Gasteiger partial charge in [0, 0.05) is 12.7 Å². The summed E-state index contributed by atoms with van der Waals surface area (Å²) in [4.78, 5) is 4.03. The van der Waals surface area contributed by atoms with E-state index in [2.05, 4.69) is 9.71 Å². The third-order valence-electron chi connectivity index (χ3n) is 4.09. The van der Waals surface area contributed by atoms with E-state index in [-0.39, 0.29) is 22.4 Å². The molecule has 0 radical (unpaired) electrons. The normalized spacial score (nSPS) is 18.7. The average Bonchev–Trinajstić information content (AvgIpc) is 3.12. The number of sulfonamides is 2. The molecule has 1 atom stereocenters. The maximum atomic E-state index is 12.8. The maximum Gasteiger partial charge on any atom is 0.243 e. The highest BCUT2D eigenvalue weighted by molar-refractivity contribution is 7.89. The molecular formula is C16H19N3O5S2. The molecule has 1 aromatic carbocycles. The van der Waals surface area contributed by atoms with E-state index in [0.717, 1.165) is 0 Å². The van der Waals surface area contributed by atoms with Gasteiger partial charge in [-0.05, 0) is 49.9 Å². The summed E-state index contributed by atoms with van der Waals surface area (Å²) in [6.45, 7) is 0.567. The van der Waals surface area contributed by atoms with Crippen LogP contribution in [0.1, 0.15) is 6.42 Å². The van der Waals surface area contributed by atoms with Gasteiger partial charge < -0.3 is 4.74 Å². The molecule has 1 fully saturated rings. The van der Waals surface area contributed by atoms with Crippen LogP contribution in [0.4, 0.5) is 0 Å². The first-order valence-electron chi connectivity index (χ1n) is 7.93. The molecule has 26 heavy (non-hydrogen) atoms. The number of benzene rings is 1. The van der Waals surface area contributed by atoms with Crippen molar-refractivity contribution in [1.82, 2.24) is 14.0 Å². The lowest BCUT2D eigenvalue weighted by atomic mass is 10.3. The van der Waals surface area contributed by atoms with Gasteiger partial charge in [-0.25, -0.2) is 21.6 Å². The molecule has 1 N–H and O–H groups in total. The Morgan fingerprint density at radius 2 is 1.81 bits per heavy atom. The standard InChI is InChI=1S/C16H19N3O5S2/c1-17-25(20,21)15-4-6-16(7-5-15)26(22,23)19-10-8-14(12-19)24-13-3-2-9-18-11-13/h2-7,9,11,14,17H,8,10,12H2,1H3. The van der Waals surface area contributed by atoms with E-state index in [1.54, 1.807) is 24.5 Å². The zero-order valence-electron chi connectivity index (χ0n) is 14.1. The van der Waals surface area contributed by atoms with E-state index in [9.17, 15) is 16.8 Å². The van der Waals surface area contributed by atoms with Gasteiger partial charge in [0.2, 0.25) is 20.0 Å². The fourth-order valence-corrected chi connectivity index (χ4v) is 4.90. The molecule has 1 aliphatic rings. The van der Waals surface area contributed by atoms with Crippen LogP contribution in [0.25, 0.3) is 0 Å². The van der Waals surface area contributed by atoms with Crippen molar-refractivity contribution in [1.29, 1.82) is 0 Å². The van der Waals surface area contributed by atoms with Gasteiger partial charge in [-0.3, -0.25) is 4.98 Å². The van der Waals surface area contributed by atoms with E-state index < -0.39 is 20.0 Å². The zero-order chi connectivity index (χ0) is 18.8. The average molecular weight is 397 g/mol. The van der Waals surface area contributed by atoms with Crippen LogP contribution in [-0.2, 0) is 20.0 Å². The van der Waals surface area contributed by atoms with Crippen molar-refractivity contribution in [2.24, 2.45) is 0 Å². The van der Waals surface area contributed by atoms with Gasteiger partial charge in [-0.2, -0.15) is 4.31 Å². The zero-order valence-corrected chi connectivity index (χ0v) is 15.7.